The van der Waals surface area contributed by atoms with Gasteiger partial charge < -0.3 is 15.1 Å². The molecule has 2 amide bonds. The molecule has 0 bridgehead atoms. The maximum Gasteiger partial charge on any atom is 0.277 e. The van der Waals surface area contributed by atoms with Gasteiger partial charge in [0.1, 0.15) is 5.76 Å². The van der Waals surface area contributed by atoms with Gasteiger partial charge in [0.25, 0.3) is 11.8 Å². The molecule has 29 heavy (non-hydrogen) atoms. The van der Waals surface area contributed by atoms with E-state index < -0.39 is 5.91 Å². The molecule has 0 saturated carbocycles. The normalized spacial score (nSPS) is 10.5. The number of para-hydroxylation sites is 2. The molecule has 0 aliphatic carbocycles. The second-order valence-electron chi connectivity index (χ2n) is 6.12. The summed E-state index contributed by atoms with van der Waals surface area (Å²) < 4.78 is 5.21. The summed E-state index contributed by atoms with van der Waals surface area (Å²) in [6.07, 6.45) is 2.92. The third-order valence-electron chi connectivity index (χ3n) is 4.13. The zero-order valence-electron chi connectivity index (χ0n) is 15.3. The highest BCUT2D eigenvalue weighted by Crippen LogP contribution is 2.16. The lowest BCUT2D eigenvalue weighted by Gasteiger charge is -2.10. The highest BCUT2D eigenvalue weighted by atomic mass is 16.3. The van der Waals surface area contributed by atoms with Crippen molar-refractivity contribution >= 4 is 17.5 Å². The van der Waals surface area contributed by atoms with Crippen LogP contribution in [0.5, 0.6) is 0 Å². The predicted molar refractivity (Wildman–Crippen MR) is 106 cm³/mol. The lowest BCUT2D eigenvalue weighted by atomic mass is 10.1. The Morgan fingerprint density at radius 2 is 1.72 bits per heavy atom. The van der Waals surface area contributed by atoms with Gasteiger partial charge in [-0.2, -0.15) is 9.90 Å². The molecule has 2 N–H and O–H groups in total. The first-order chi connectivity index (χ1) is 14.2. The highest BCUT2D eigenvalue weighted by molar-refractivity contribution is 6.08. The number of nitrogens with one attached hydrogen (secondary N) is 2. The van der Waals surface area contributed by atoms with Crippen LogP contribution >= 0.6 is 0 Å². The van der Waals surface area contributed by atoms with Crippen LogP contribution < -0.4 is 10.6 Å². The second kappa shape index (κ2) is 8.22. The molecule has 4 rings (SSSR count). The molecule has 2 aromatic carbocycles. The van der Waals surface area contributed by atoms with Gasteiger partial charge in [-0.3, -0.25) is 9.59 Å². The van der Waals surface area contributed by atoms with Crippen LogP contribution in [0.2, 0.25) is 0 Å². The van der Waals surface area contributed by atoms with E-state index in [4.69, 9.17) is 4.42 Å². The second-order valence-corrected chi connectivity index (χ2v) is 6.12. The lowest BCUT2D eigenvalue weighted by molar-refractivity contribution is 0.0949. The Labute approximate surface area is 166 Å². The van der Waals surface area contributed by atoms with E-state index in [9.17, 15) is 9.59 Å². The topological polar surface area (TPSA) is 102 Å². The van der Waals surface area contributed by atoms with Crippen LogP contribution in [0.15, 0.2) is 83.6 Å². The molecule has 0 atom stereocenters. The van der Waals surface area contributed by atoms with Gasteiger partial charge in [-0.05, 0) is 36.4 Å². The van der Waals surface area contributed by atoms with E-state index in [0.29, 0.717) is 17.0 Å². The lowest BCUT2D eigenvalue weighted by Crippen LogP contribution is -2.24. The van der Waals surface area contributed by atoms with E-state index in [1.807, 2.05) is 30.3 Å². The van der Waals surface area contributed by atoms with Crippen LogP contribution in [0.25, 0.3) is 5.69 Å². The van der Waals surface area contributed by atoms with Crippen LogP contribution in [-0.2, 0) is 6.54 Å². The van der Waals surface area contributed by atoms with Crippen molar-refractivity contribution in [1.82, 2.24) is 20.3 Å². The summed E-state index contributed by atoms with van der Waals surface area (Å²) in [5, 5.41) is 13.8. The summed E-state index contributed by atoms with van der Waals surface area (Å²) in [5.74, 6) is -0.152. The first-order valence-corrected chi connectivity index (χ1v) is 8.89. The fourth-order valence-corrected chi connectivity index (χ4v) is 2.71. The van der Waals surface area contributed by atoms with E-state index in [1.54, 1.807) is 36.4 Å². The third-order valence-corrected chi connectivity index (χ3v) is 4.13. The standard InChI is InChI=1S/C21H17N5O3/c27-20(22-13-16-9-6-12-29-16)17-10-4-5-11-18(17)24-21(28)19-14-23-26(25-19)15-7-2-1-3-8-15/h1-12,14H,13H2,(H,22,27)(H,24,28). The van der Waals surface area contributed by atoms with E-state index in [2.05, 4.69) is 20.8 Å². The summed E-state index contributed by atoms with van der Waals surface area (Å²) in [4.78, 5) is 26.5. The first-order valence-electron chi connectivity index (χ1n) is 8.89. The van der Waals surface area contributed by atoms with Gasteiger partial charge >= 0.3 is 0 Å². The van der Waals surface area contributed by atoms with Gasteiger partial charge in [0.2, 0.25) is 0 Å². The summed E-state index contributed by atoms with van der Waals surface area (Å²) in [6.45, 7) is 0.250. The number of benzene rings is 2. The van der Waals surface area contributed by atoms with Crippen molar-refractivity contribution in [3.8, 4) is 5.69 Å². The van der Waals surface area contributed by atoms with Crippen molar-refractivity contribution in [2.45, 2.75) is 6.54 Å². The highest BCUT2D eigenvalue weighted by Gasteiger charge is 2.16. The fraction of sp³-hybridized carbons (Fsp3) is 0.0476. The minimum Gasteiger partial charge on any atom is -0.467 e. The number of aromatic nitrogens is 3. The van der Waals surface area contributed by atoms with Gasteiger partial charge in [0, 0.05) is 0 Å². The van der Waals surface area contributed by atoms with Crippen molar-refractivity contribution in [3.05, 3.63) is 96.2 Å². The molecular weight excluding hydrogens is 370 g/mol. The number of hydrogen-bond acceptors (Lipinski definition) is 5. The minimum absolute atomic E-state index is 0.139. The minimum atomic E-state index is -0.460. The Hall–Kier alpha value is -4.20. The Morgan fingerprint density at radius 3 is 2.52 bits per heavy atom. The molecule has 4 aromatic rings. The Kier molecular flexibility index (Phi) is 5.15. The van der Waals surface area contributed by atoms with Crippen molar-refractivity contribution in [2.24, 2.45) is 0 Å². The van der Waals surface area contributed by atoms with Crippen LogP contribution in [0.1, 0.15) is 26.6 Å². The van der Waals surface area contributed by atoms with Crippen LogP contribution in [-0.4, -0.2) is 26.8 Å². The first kappa shape index (κ1) is 18.2. The largest absolute Gasteiger partial charge is 0.467 e. The molecule has 0 radical (unpaired) electrons. The zero-order valence-corrected chi connectivity index (χ0v) is 15.3. The molecule has 8 heteroatoms. The molecular formula is C21H17N5O3. The van der Waals surface area contributed by atoms with Gasteiger partial charge in [-0.15, -0.1) is 5.10 Å². The van der Waals surface area contributed by atoms with E-state index in [-0.39, 0.29) is 18.1 Å². The van der Waals surface area contributed by atoms with E-state index in [1.165, 1.54) is 17.3 Å². The maximum absolute atomic E-state index is 12.6. The molecule has 0 aliphatic rings. The quantitative estimate of drug-likeness (QED) is 0.529. The summed E-state index contributed by atoms with van der Waals surface area (Å²) in [7, 11) is 0. The van der Waals surface area contributed by atoms with Crippen LogP contribution in [0.3, 0.4) is 0 Å². The van der Waals surface area contributed by atoms with Crippen molar-refractivity contribution in [2.75, 3.05) is 5.32 Å². The van der Waals surface area contributed by atoms with Crippen molar-refractivity contribution in [3.63, 3.8) is 0 Å². The van der Waals surface area contributed by atoms with Crippen LogP contribution in [0, 0.1) is 0 Å². The monoisotopic (exact) mass is 387 g/mol. The molecule has 0 fully saturated rings. The molecule has 0 aliphatic heterocycles. The average molecular weight is 387 g/mol. The summed E-state index contributed by atoms with van der Waals surface area (Å²) in [5.41, 5.74) is 1.59. The molecule has 2 heterocycles. The van der Waals surface area contributed by atoms with Crippen molar-refractivity contribution in [1.29, 1.82) is 0 Å². The number of hydrogen-bond donors (Lipinski definition) is 2. The Morgan fingerprint density at radius 1 is 0.931 bits per heavy atom. The predicted octanol–water partition coefficient (Wildman–Crippen LogP) is 3.04. The molecule has 0 unspecified atom stereocenters. The molecule has 0 spiro atoms. The van der Waals surface area contributed by atoms with Gasteiger partial charge in [0.05, 0.1) is 35.9 Å². The molecule has 2 aromatic heterocycles. The zero-order chi connectivity index (χ0) is 20.1. The van der Waals surface area contributed by atoms with Crippen LogP contribution in [0.4, 0.5) is 5.69 Å². The fourth-order valence-electron chi connectivity index (χ4n) is 2.71. The SMILES string of the molecule is O=C(Nc1ccccc1C(=O)NCc1ccco1)c1cnn(-c2ccccc2)n1. The number of nitrogens with zero attached hydrogens (tertiary/aromatic N) is 3. The van der Waals surface area contributed by atoms with E-state index in [0.717, 1.165) is 5.69 Å². The van der Waals surface area contributed by atoms with Gasteiger partial charge in [-0.1, -0.05) is 30.3 Å². The number of rotatable bonds is 6. The summed E-state index contributed by atoms with van der Waals surface area (Å²) >= 11 is 0. The van der Waals surface area contributed by atoms with Crippen molar-refractivity contribution < 1.29 is 14.0 Å². The molecule has 144 valence electrons. The Bertz CT molecular complexity index is 1120. The summed E-state index contributed by atoms with van der Waals surface area (Å²) in [6, 6.07) is 19.5. The third kappa shape index (κ3) is 4.22. The molecule has 0 saturated heterocycles. The number of furan rings is 1. The number of amides is 2. The number of carbonyl (C=O) groups is 2. The smallest absolute Gasteiger partial charge is 0.277 e. The average Bonchev–Trinajstić information content (AvgIpc) is 3.45. The van der Waals surface area contributed by atoms with Gasteiger partial charge in [-0.25, -0.2) is 0 Å². The number of carbonyl (C=O) groups excluding carboxylic acids is 2. The van der Waals surface area contributed by atoms with E-state index >= 15 is 0 Å². The Balaban J connectivity index is 1.47. The maximum atomic E-state index is 12.6. The number of anilines is 1. The van der Waals surface area contributed by atoms with Gasteiger partial charge in [0.15, 0.2) is 5.69 Å². The molecule has 8 nitrogen and oxygen atoms in total.